The number of hydrogen-bond acceptors (Lipinski definition) is 4. The molecule has 0 saturated carbocycles. The molecule has 8 heteroatoms. The van der Waals surface area contributed by atoms with Crippen molar-refractivity contribution in [2.45, 2.75) is 33.1 Å². The molecule has 6 nitrogen and oxygen atoms in total. The molecule has 0 bridgehead atoms. The summed E-state index contributed by atoms with van der Waals surface area (Å²) in [6.45, 7) is 0.914. The highest BCUT2D eigenvalue weighted by atomic mass is 19.3. The fourth-order valence-corrected chi connectivity index (χ4v) is 2.17. The van der Waals surface area contributed by atoms with Crippen molar-refractivity contribution in [3.05, 3.63) is 54.1 Å². The van der Waals surface area contributed by atoms with Gasteiger partial charge in [0.2, 0.25) is 0 Å². The molecule has 0 aliphatic carbocycles. The van der Waals surface area contributed by atoms with E-state index < -0.39 is 18.4 Å². The second-order valence-corrected chi connectivity index (χ2v) is 5.82. The van der Waals surface area contributed by atoms with Crippen molar-refractivity contribution in [3.8, 4) is 11.5 Å². The Labute approximate surface area is 155 Å². The molecular weight excluding hydrogens is 358 g/mol. The number of para-hydroxylation sites is 2. The zero-order valence-corrected chi connectivity index (χ0v) is 14.9. The van der Waals surface area contributed by atoms with E-state index in [1.165, 1.54) is 24.3 Å². The van der Waals surface area contributed by atoms with Gasteiger partial charge in [0.15, 0.2) is 0 Å². The van der Waals surface area contributed by atoms with Crippen molar-refractivity contribution < 1.29 is 27.8 Å². The largest absolute Gasteiger partial charge is 0.491 e. The molecule has 0 heterocycles. The average molecular weight is 378 g/mol. The van der Waals surface area contributed by atoms with Crippen molar-refractivity contribution in [3.63, 3.8) is 0 Å². The monoisotopic (exact) mass is 378 g/mol. The van der Waals surface area contributed by atoms with Crippen LogP contribution in [0.2, 0.25) is 0 Å². The summed E-state index contributed by atoms with van der Waals surface area (Å²) in [5.74, 6) is -1.41. The molecule has 0 fully saturated rings. The minimum atomic E-state index is -3.04. The highest BCUT2D eigenvalue weighted by Crippen LogP contribution is 2.25. The molecule has 0 aliphatic rings. The number of rotatable bonds is 7. The highest BCUT2D eigenvalue weighted by Gasteiger charge is 2.17. The van der Waals surface area contributed by atoms with Gasteiger partial charge in [-0.25, -0.2) is 0 Å². The van der Waals surface area contributed by atoms with Crippen LogP contribution in [0.15, 0.2) is 48.5 Å². The van der Waals surface area contributed by atoms with E-state index in [-0.39, 0.29) is 24.1 Å². The number of hydrogen-bond donors (Lipinski definition) is 2. The van der Waals surface area contributed by atoms with Gasteiger partial charge in [-0.05, 0) is 43.7 Å². The standard InChI is InChI=1S/C19H20F2N2O4/c1-12(2)26-14-9-7-13(8-10-14)11-22-17(24)18(25)23-15-5-3-4-6-16(15)27-19(20)21/h3-10,12,19H,11H2,1-2H3,(H,22,24)(H,23,25). The highest BCUT2D eigenvalue weighted by molar-refractivity contribution is 6.39. The average Bonchev–Trinajstić information content (AvgIpc) is 2.61. The van der Waals surface area contributed by atoms with Crippen LogP contribution in [-0.2, 0) is 16.1 Å². The van der Waals surface area contributed by atoms with E-state index in [1.54, 1.807) is 24.3 Å². The molecule has 2 amide bonds. The Kier molecular flexibility index (Phi) is 7.10. The third-order valence-corrected chi connectivity index (χ3v) is 3.31. The normalized spacial score (nSPS) is 10.6. The van der Waals surface area contributed by atoms with Crippen LogP contribution in [0.4, 0.5) is 14.5 Å². The Balaban J connectivity index is 1.90. The molecular formula is C19H20F2N2O4. The molecule has 2 N–H and O–H groups in total. The number of benzene rings is 2. The van der Waals surface area contributed by atoms with Gasteiger partial charge in [-0.3, -0.25) is 9.59 Å². The topological polar surface area (TPSA) is 76.7 Å². The number of carbonyl (C=O) groups is 2. The SMILES string of the molecule is CC(C)Oc1ccc(CNC(=O)C(=O)Nc2ccccc2OC(F)F)cc1. The molecule has 2 aromatic rings. The number of carbonyl (C=O) groups excluding carboxylic acids is 2. The summed E-state index contributed by atoms with van der Waals surface area (Å²) in [7, 11) is 0. The lowest BCUT2D eigenvalue weighted by Gasteiger charge is -2.12. The smallest absolute Gasteiger partial charge is 0.387 e. The lowest BCUT2D eigenvalue weighted by molar-refractivity contribution is -0.136. The minimum Gasteiger partial charge on any atom is -0.491 e. The molecule has 27 heavy (non-hydrogen) atoms. The van der Waals surface area contributed by atoms with E-state index in [0.717, 1.165) is 5.56 Å². The van der Waals surface area contributed by atoms with Crippen molar-refractivity contribution in [2.24, 2.45) is 0 Å². The van der Waals surface area contributed by atoms with Crippen LogP contribution in [0.5, 0.6) is 11.5 Å². The predicted molar refractivity (Wildman–Crippen MR) is 95.8 cm³/mol. The number of ether oxygens (including phenoxy) is 2. The van der Waals surface area contributed by atoms with Gasteiger partial charge in [-0.2, -0.15) is 8.78 Å². The van der Waals surface area contributed by atoms with Gasteiger partial charge in [0.25, 0.3) is 0 Å². The Morgan fingerprint density at radius 2 is 1.63 bits per heavy atom. The lowest BCUT2D eigenvalue weighted by Crippen LogP contribution is -2.35. The Hall–Kier alpha value is -3.16. The Morgan fingerprint density at radius 1 is 0.963 bits per heavy atom. The number of alkyl halides is 2. The second-order valence-electron chi connectivity index (χ2n) is 5.82. The molecule has 144 valence electrons. The van der Waals surface area contributed by atoms with Crippen LogP contribution >= 0.6 is 0 Å². The van der Waals surface area contributed by atoms with Crippen molar-refractivity contribution in [1.82, 2.24) is 5.32 Å². The van der Waals surface area contributed by atoms with E-state index in [0.29, 0.717) is 5.75 Å². The predicted octanol–water partition coefficient (Wildman–Crippen LogP) is 3.33. The van der Waals surface area contributed by atoms with Gasteiger partial charge >= 0.3 is 18.4 Å². The van der Waals surface area contributed by atoms with Crippen LogP contribution in [-0.4, -0.2) is 24.5 Å². The fourth-order valence-electron chi connectivity index (χ4n) is 2.17. The first-order valence-corrected chi connectivity index (χ1v) is 8.23. The molecule has 0 aliphatic heterocycles. The van der Waals surface area contributed by atoms with Crippen molar-refractivity contribution >= 4 is 17.5 Å². The molecule has 0 aromatic heterocycles. The zero-order chi connectivity index (χ0) is 19.8. The van der Waals surface area contributed by atoms with E-state index in [2.05, 4.69) is 15.4 Å². The summed E-state index contributed by atoms with van der Waals surface area (Å²) in [5.41, 5.74) is 0.752. The van der Waals surface area contributed by atoms with Crippen molar-refractivity contribution in [2.75, 3.05) is 5.32 Å². The van der Waals surface area contributed by atoms with Crippen LogP contribution in [0.3, 0.4) is 0 Å². The van der Waals surface area contributed by atoms with Gasteiger partial charge in [0.05, 0.1) is 11.8 Å². The number of anilines is 1. The maximum absolute atomic E-state index is 12.4. The molecule has 2 rings (SSSR count). The van der Waals surface area contributed by atoms with Gasteiger partial charge in [0, 0.05) is 6.54 Å². The van der Waals surface area contributed by atoms with Crippen LogP contribution in [0, 0.1) is 0 Å². The Bertz CT molecular complexity index is 780. The molecule has 0 saturated heterocycles. The number of amides is 2. The zero-order valence-electron chi connectivity index (χ0n) is 14.9. The minimum absolute atomic E-state index is 0.0202. The van der Waals surface area contributed by atoms with Crippen LogP contribution in [0.1, 0.15) is 19.4 Å². The summed E-state index contributed by atoms with van der Waals surface area (Å²) in [4.78, 5) is 23.9. The molecule has 0 atom stereocenters. The van der Waals surface area contributed by atoms with E-state index >= 15 is 0 Å². The van der Waals surface area contributed by atoms with Crippen LogP contribution < -0.4 is 20.1 Å². The molecule has 2 aromatic carbocycles. The maximum atomic E-state index is 12.4. The molecule has 0 radical (unpaired) electrons. The summed E-state index contributed by atoms with van der Waals surface area (Å²) in [6, 6.07) is 12.7. The number of halogens is 2. The number of nitrogens with one attached hydrogen (secondary N) is 2. The van der Waals surface area contributed by atoms with Gasteiger partial charge < -0.3 is 20.1 Å². The first-order chi connectivity index (χ1) is 12.8. The van der Waals surface area contributed by atoms with Crippen LogP contribution in [0.25, 0.3) is 0 Å². The molecule has 0 unspecified atom stereocenters. The van der Waals surface area contributed by atoms with Gasteiger partial charge in [-0.15, -0.1) is 0 Å². The quantitative estimate of drug-likeness (QED) is 0.725. The fraction of sp³-hybridized carbons (Fsp3) is 0.263. The molecule has 0 spiro atoms. The summed E-state index contributed by atoms with van der Waals surface area (Å²) in [5, 5.41) is 4.71. The summed E-state index contributed by atoms with van der Waals surface area (Å²) in [6.07, 6.45) is 0.0520. The van der Waals surface area contributed by atoms with E-state index in [9.17, 15) is 18.4 Å². The third kappa shape index (κ3) is 6.58. The van der Waals surface area contributed by atoms with Gasteiger partial charge in [-0.1, -0.05) is 24.3 Å². The summed E-state index contributed by atoms with van der Waals surface area (Å²) >= 11 is 0. The first kappa shape index (κ1) is 20.2. The van der Waals surface area contributed by atoms with E-state index in [1.807, 2.05) is 13.8 Å². The summed E-state index contributed by atoms with van der Waals surface area (Å²) < 4.78 is 34.6. The first-order valence-electron chi connectivity index (χ1n) is 8.23. The maximum Gasteiger partial charge on any atom is 0.387 e. The van der Waals surface area contributed by atoms with Crippen molar-refractivity contribution in [1.29, 1.82) is 0 Å². The third-order valence-electron chi connectivity index (χ3n) is 3.31. The lowest BCUT2D eigenvalue weighted by atomic mass is 10.2. The van der Waals surface area contributed by atoms with E-state index in [4.69, 9.17) is 4.74 Å². The second kappa shape index (κ2) is 9.51. The Morgan fingerprint density at radius 3 is 2.26 bits per heavy atom. The van der Waals surface area contributed by atoms with Gasteiger partial charge in [0.1, 0.15) is 11.5 Å².